The number of para-hydroxylation sites is 1. The zero-order valence-corrected chi connectivity index (χ0v) is 12.9. The van der Waals surface area contributed by atoms with Crippen molar-refractivity contribution in [3.8, 4) is 5.75 Å². The molecule has 6 nitrogen and oxygen atoms in total. The smallest absolute Gasteiger partial charge is 0.276 e. The van der Waals surface area contributed by atoms with Crippen LogP contribution in [0.5, 0.6) is 5.75 Å². The van der Waals surface area contributed by atoms with Gasteiger partial charge in [0.1, 0.15) is 5.75 Å². The summed E-state index contributed by atoms with van der Waals surface area (Å²) in [6, 6.07) is 13.1. The third kappa shape index (κ3) is 3.98. The Labute approximate surface area is 129 Å². The number of benzene rings is 2. The molecule has 2 rings (SSSR count). The fourth-order valence-electron chi connectivity index (χ4n) is 1.74. The van der Waals surface area contributed by atoms with Crippen LogP contribution >= 0.6 is 0 Å². The van der Waals surface area contributed by atoms with Crippen molar-refractivity contribution < 1.29 is 13.2 Å². The van der Waals surface area contributed by atoms with E-state index in [0.717, 1.165) is 0 Å². The lowest BCUT2D eigenvalue weighted by atomic mass is 10.2. The van der Waals surface area contributed by atoms with Gasteiger partial charge in [0.15, 0.2) is 0 Å². The van der Waals surface area contributed by atoms with Gasteiger partial charge in [0.05, 0.1) is 17.7 Å². The molecule has 116 valence electrons. The second-order valence-electron chi connectivity index (χ2n) is 4.39. The molecule has 0 fully saturated rings. The number of nitrogens with one attached hydrogen (secondary N) is 1. The molecular weight excluding hydrogens is 302 g/mol. The summed E-state index contributed by atoms with van der Waals surface area (Å²) in [6.45, 7) is 2.39. The lowest BCUT2D eigenvalue weighted by molar-refractivity contribution is 0.340. The van der Waals surface area contributed by atoms with Crippen molar-refractivity contribution in [1.29, 1.82) is 0 Å². The third-order valence-electron chi connectivity index (χ3n) is 2.79. The molecule has 0 bridgehead atoms. The lowest BCUT2D eigenvalue weighted by Crippen LogP contribution is -2.18. The highest BCUT2D eigenvalue weighted by atomic mass is 32.2. The fraction of sp³-hybridized carbons (Fsp3) is 0.133. The van der Waals surface area contributed by atoms with Gasteiger partial charge in [0, 0.05) is 11.3 Å². The molecule has 0 aliphatic carbocycles. The van der Waals surface area contributed by atoms with Crippen LogP contribution < -0.4 is 15.3 Å². The van der Waals surface area contributed by atoms with E-state index >= 15 is 0 Å². The zero-order chi connectivity index (χ0) is 16.0. The molecule has 0 spiro atoms. The van der Waals surface area contributed by atoms with Crippen LogP contribution in [0.2, 0.25) is 0 Å². The van der Waals surface area contributed by atoms with Crippen molar-refractivity contribution >= 4 is 21.9 Å². The summed E-state index contributed by atoms with van der Waals surface area (Å²) in [7, 11) is -3.72. The average molecular weight is 319 g/mol. The maximum absolute atomic E-state index is 12.0. The number of ether oxygens (including phenoxy) is 1. The van der Waals surface area contributed by atoms with Crippen molar-refractivity contribution in [3.63, 3.8) is 0 Å². The summed E-state index contributed by atoms with van der Waals surface area (Å²) in [5.41, 5.74) is 6.71. The predicted octanol–water partition coefficient (Wildman–Crippen LogP) is 1.98. The number of rotatable bonds is 6. The van der Waals surface area contributed by atoms with Gasteiger partial charge in [-0.2, -0.15) is 13.5 Å². The Bertz CT molecular complexity index is 756. The van der Waals surface area contributed by atoms with E-state index in [4.69, 9.17) is 10.5 Å². The molecule has 0 aliphatic rings. The molecule has 0 heterocycles. The summed E-state index contributed by atoms with van der Waals surface area (Å²) in [5, 5.41) is 3.78. The average Bonchev–Trinajstić information content (AvgIpc) is 2.49. The van der Waals surface area contributed by atoms with Crippen LogP contribution in [0, 0.1) is 0 Å². The van der Waals surface area contributed by atoms with Crippen molar-refractivity contribution in [2.75, 3.05) is 12.3 Å². The molecule has 0 saturated carbocycles. The van der Waals surface area contributed by atoms with Crippen LogP contribution in [-0.2, 0) is 10.0 Å². The first kappa shape index (κ1) is 15.8. The van der Waals surface area contributed by atoms with Gasteiger partial charge in [0.2, 0.25) is 0 Å². The second kappa shape index (κ2) is 6.95. The van der Waals surface area contributed by atoms with E-state index in [-0.39, 0.29) is 4.90 Å². The van der Waals surface area contributed by atoms with Crippen LogP contribution in [0.25, 0.3) is 0 Å². The molecular formula is C15H17N3O3S. The minimum absolute atomic E-state index is 0.0944. The van der Waals surface area contributed by atoms with Crippen LogP contribution in [0.3, 0.4) is 0 Å². The normalized spacial score (nSPS) is 11.5. The summed E-state index contributed by atoms with van der Waals surface area (Å²) >= 11 is 0. The van der Waals surface area contributed by atoms with Gasteiger partial charge in [-0.05, 0) is 43.3 Å². The van der Waals surface area contributed by atoms with E-state index in [0.29, 0.717) is 23.6 Å². The largest absolute Gasteiger partial charge is 0.493 e. The highest BCUT2D eigenvalue weighted by Gasteiger charge is 2.12. The molecule has 3 N–H and O–H groups in total. The first-order valence-corrected chi connectivity index (χ1v) is 8.13. The van der Waals surface area contributed by atoms with Crippen LogP contribution in [0.15, 0.2) is 58.5 Å². The topological polar surface area (TPSA) is 93.8 Å². The monoisotopic (exact) mass is 319 g/mol. The van der Waals surface area contributed by atoms with Gasteiger partial charge >= 0.3 is 0 Å². The van der Waals surface area contributed by atoms with Gasteiger partial charge < -0.3 is 10.5 Å². The number of nitrogens with two attached hydrogens (primary N) is 1. The van der Waals surface area contributed by atoms with Crippen molar-refractivity contribution in [2.24, 2.45) is 5.10 Å². The number of sulfonamides is 1. The SMILES string of the molecule is CCOc1ccccc1C=NNS(=O)(=O)c1ccc(N)cc1. The van der Waals surface area contributed by atoms with Crippen molar-refractivity contribution in [1.82, 2.24) is 4.83 Å². The Morgan fingerprint density at radius 3 is 2.55 bits per heavy atom. The van der Waals surface area contributed by atoms with Gasteiger partial charge in [0.25, 0.3) is 10.0 Å². The van der Waals surface area contributed by atoms with E-state index in [1.807, 2.05) is 19.1 Å². The van der Waals surface area contributed by atoms with E-state index in [1.54, 1.807) is 12.1 Å². The molecule has 0 aromatic heterocycles. The third-order valence-corrected chi connectivity index (χ3v) is 4.02. The highest BCUT2D eigenvalue weighted by molar-refractivity contribution is 7.89. The van der Waals surface area contributed by atoms with Gasteiger partial charge in [-0.25, -0.2) is 4.83 Å². The Kier molecular flexibility index (Phi) is 5.00. The molecule has 2 aromatic carbocycles. The Morgan fingerprint density at radius 1 is 1.18 bits per heavy atom. The maximum Gasteiger partial charge on any atom is 0.276 e. The highest BCUT2D eigenvalue weighted by Crippen LogP contribution is 2.16. The minimum atomic E-state index is -3.72. The first-order chi connectivity index (χ1) is 10.5. The van der Waals surface area contributed by atoms with Gasteiger partial charge in [-0.1, -0.05) is 12.1 Å². The summed E-state index contributed by atoms with van der Waals surface area (Å²) in [5.74, 6) is 0.639. The zero-order valence-electron chi connectivity index (χ0n) is 12.1. The van der Waals surface area contributed by atoms with Crippen LogP contribution in [0.1, 0.15) is 12.5 Å². The molecule has 7 heteroatoms. The van der Waals surface area contributed by atoms with E-state index in [9.17, 15) is 8.42 Å². The van der Waals surface area contributed by atoms with Crippen molar-refractivity contribution in [2.45, 2.75) is 11.8 Å². The quantitative estimate of drug-likeness (QED) is 0.483. The van der Waals surface area contributed by atoms with Gasteiger partial charge in [-0.15, -0.1) is 0 Å². The molecule has 2 aromatic rings. The van der Waals surface area contributed by atoms with E-state index in [2.05, 4.69) is 9.93 Å². The fourth-order valence-corrected chi connectivity index (χ4v) is 2.53. The van der Waals surface area contributed by atoms with Crippen LogP contribution in [0.4, 0.5) is 5.69 Å². The number of hydrogen-bond donors (Lipinski definition) is 2. The minimum Gasteiger partial charge on any atom is -0.493 e. The van der Waals surface area contributed by atoms with E-state index < -0.39 is 10.0 Å². The Morgan fingerprint density at radius 2 is 1.86 bits per heavy atom. The van der Waals surface area contributed by atoms with Crippen molar-refractivity contribution in [3.05, 3.63) is 54.1 Å². The number of hydrazone groups is 1. The summed E-state index contributed by atoms with van der Waals surface area (Å²) in [6.07, 6.45) is 1.40. The molecule has 0 saturated heterocycles. The lowest BCUT2D eigenvalue weighted by Gasteiger charge is -2.06. The molecule has 0 aliphatic heterocycles. The maximum atomic E-state index is 12.0. The summed E-state index contributed by atoms with van der Waals surface area (Å²) in [4.78, 5) is 2.25. The molecule has 0 amide bonds. The van der Waals surface area contributed by atoms with E-state index in [1.165, 1.54) is 30.5 Å². The number of anilines is 1. The number of hydrogen-bond acceptors (Lipinski definition) is 5. The standard InChI is InChI=1S/C15H17N3O3S/c1-2-21-15-6-4-3-5-12(15)11-17-18-22(19,20)14-9-7-13(16)8-10-14/h3-11,18H,2,16H2,1H3. The molecule has 0 atom stereocenters. The Balaban J connectivity index is 2.13. The first-order valence-electron chi connectivity index (χ1n) is 6.65. The summed E-state index contributed by atoms with van der Waals surface area (Å²) < 4.78 is 29.5. The molecule has 0 radical (unpaired) electrons. The van der Waals surface area contributed by atoms with Crippen LogP contribution in [-0.4, -0.2) is 21.2 Å². The second-order valence-corrected chi connectivity index (χ2v) is 6.05. The number of nitrogens with zero attached hydrogens (tertiary/aromatic N) is 1. The number of nitrogen functional groups attached to an aromatic ring is 1. The Hall–Kier alpha value is -2.54. The van der Waals surface area contributed by atoms with Gasteiger partial charge in [-0.3, -0.25) is 0 Å². The molecule has 0 unspecified atom stereocenters. The predicted molar refractivity (Wildman–Crippen MR) is 86.4 cm³/mol. The molecule has 22 heavy (non-hydrogen) atoms.